The van der Waals surface area contributed by atoms with Crippen molar-refractivity contribution >= 4 is 43.6 Å². The summed E-state index contributed by atoms with van der Waals surface area (Å²) in [6, 6.07) is 58.0. The fourth-order valence-electron chi connectivity index (χ4n) is 7.41. The number of para-hydroxylation sites is 3. The van der Waals surface area contributed by atoms with Crippen LogP contribution in [0.5, 0.6) is 0 Å². The monoisotopic (exact) mass is 635 g/mol. The maximum absolute atomic E-state index is 10.4. The van der Waals surface area contributed by atoms with E-state index in [1.54, 1.807) is 6.07 Å². The summed E-state index contributed by atoms with van der Waals surface area (Å²) in [5.74, 6) is 0. The summed E-state index contributed by atoms with van der Waals surface area (Å²) in [7, 11) is 0. The SMILES string of the molecule is N#Cc1ccc2c(c1)c1ccccc1n2-c1ccc(C#N)c(C#N)c1-c1ccc(-c2ccc(-n3c4ccccc4c4ccccc43)cc2)cc1. The lowest BCUT2D eigenvalue weighted by molar-refractivity contribution is 1.17. The van der Waals surface area contributed by atoms with Crippen LogP contribution < -0.4 is 0 Å². The lowest BCUT2D eigenvalue weighted by atomic mass is 9.93. The molecule has 0 fully saturated rings. The standard InChI is InChI=1S/C45H25N5/c46-26-29-13-23-43-38(25-29)37-9-3-6-12-42(37)50(43)44-24-20-33(27-47)39(28-48)45(44)32-16-14-30(15-17-32)31-18-21-34(22-19-31)49-40-10-4-1-7-35(40)36-8-2-5-11-41(36)49/h1-25H. The molecular weight excluding hydrogens is 611 g/mol. The van der Waals surface area contributed by atoms with Gasteiger partial charge < -0.3 is 9.13 Å². The van der Waals surface area contributed by atoms with E-state index < -0.39 is 0 Å². The molecule has 9 rings (SSSR count). The summed E-state index contributed by atoms with van der Waals surface area (Å²) in [4.78, 5) is 0. The lowest BCUT2D eigenvalue weighted by Crippen LogP contribution is -2.01. The van der Waals surface area contributed by atoms with E-state index >= 15 is 0 Å². The van der Waals surface area contributed by atoms with Crippen molar-refractivity contribution in [3.8, 4) is 51.8 Å². The van der Waals surface area contributed by atoms with Gasteiger partial charge in [-0.2, -0.15) is 15.8 Å². The fourth-order valence-corrected chi connectivity index (χ4v) is 7.41. The van der Waals surface area contributed by atoms with Crippen LogP contribution >= 0.6 is 0 Å². The molecular formula is C45H25N5. The second-order valence-corrected chi connectivity index (χ2v) is 12.3. The van der Waals surface area contributed by atoms with E-state index in [0.29, 0.717) is 22.3 Å². The van der Waals surface area contributed by atoms with Crippen LogP contribution in [0.1, 0.15) is 16.7 Å². The predicted octanol–water partition coefficient (Wildman–Crippen LogP) is 10.8. The minimum absolute atomic E-state index is 0.323. The molecule has 0 spiro atoms. The van der Waals surface area contributed by atoms with Crippen LogP contribution in [0.4, 0.5) is 0 Å². The van der Waals surface area contributed by atoms with Crippen molar-refractivity contribution in [3.63, 3.8) is 0 Å². The Bertz CT molecular complexity index is 2890. The third-order valence-electron chi connectivity index (χ3n) is 9.67. The van der Waals surface area contributed by atoms with Crippen LogP contribution in [0.3, 0.4) is 0 Å². The normalized spacial score (nSPS) is 11.1. The van der Waals surface area contributed by atoms with Crippen LogP contribution in [0.25, 0.3) is 77.2 Å². The Kier molecular flexibility index (Phi) is 6.56. The Balaban J connectivity index is 1.16. The Morgan fingerprint density at radius 3 is 1.50 bits per heavy atom. The second kappa shape index (κ2) is 11.4. The van der Waals surface area contributed by atoms with Gasteiger partial charge in [0.25, 0.3) is 0 Å². The summed E-state index contributed by atoms with van der Waals surface area (Å²) >= 11 is 0. The van der Waals surface area contributed by atoms with Crippen molar-refractivity contribution in [1.82, 2.24) is 9.13 Å². The first-order valence-electron chi connectivity index (χ1n) is 16.3. The predicted molar refractivity (Wildman–Crippen MR) is 200 cm³/mol. The maximum Gasteiger partial charge on any atom is 0.101 e. The van der Waals surface area contributed by atoms with E-state index in [2.05, 4.69) is 112 Å². The Hall–Kier alpha value is -7.39. The van der Waals surface area contributed by atoms with Crippen LogP contribution in [-0.2, 0) is 0 Å². The average molecular weight is 636 g/mol. The van der Waals surface area contributed by atoms with Crippen LogP contribution in [0.2, 0.25) is 0 Å². The van der Waals surface area contributed by atoms with E-state index in [9.17, 15) is 15.8 Å². The quantitative estimate of drug-likeness (QED) is 0.193. The fraction of sp³-hybridized carbons (Fsp3) is 0. The molecule has 0 saturated carbocycles. The highest BCUT2D eigenvalue weighted by Gasteiger charge is 2.21. The number of benzene rings is 7. The molecule has 0 unspecified atom stereocenters. The van der Waals surface area contributed by atoms with Gasteiger partial charge in [-0.15, -0.1) is 0 Å². The van der Waals surface area contributed by atoms with Gasteiger partial charge in [0.05, 0.1) is 50.5 Å². The number of rotatable bonds is 4. The minimum Gasteiger partial charge on any atom is -0.309 e. The molecule has 0 aliphatic carbocycles. The number of hydrogen-bond donors (Lipinski definition) is 0. The van der Waals surface area contributed by atoms with Gasteiger partial charge in [-0.1, -0.05) is 91.0 Å². The van der Waals surface area contributed by atoms with E-state index in [0.717, 1.165) is 49.9 Å². The molecule has 9 aromatic rings. The Labute approximate surface area is 287 Å². The molecule has 5 heteroatoms. The number of aromatic nitrogens is 2. The van der Waals surface area contributed by atoms with E-state index in [1.165, 1.54) is 21.8 Å². The summed E-state index contributed by atoms with van der Waals surface area (Å²) in [5, 5.41) is 34.5. The van der Waals surface area contributed by atoms with E-state index in [-0.39, 0.29) is 0 Å². The van der Waals surface area contributed by atoms with Gasteiger partial charge in [-0.25, -0.2) is 0 Å². The molecule has 0 bridgehead atoms. The summed E-state index contributed by atoms with van der Waals surface area (Å²) in [6.07, 6.45) is 0. The zero-order valence-electron chi connectivity index (χ0n) is 26.7. The summed E-state index contributed by atoms with van der Waals surface area (Å²) < 4.78 is 4.44. The highest BCUT2D eigenvalue weighted by atomic mass is 15.0. The third kappa shape index (κ3) is 4.31. The molecule has 7 aromatic carbocycles. The highest BCUT2D eigenvalue weighted by molar-refractivity contribution is 6.11. The molecule has 0 radical (unpaired) electrons. The Morgan fingerprint density at radius 2 is 0.920 bits per heavy atom. The average Bonchev–Trinajstić information content (AvgIpc) is 3.70. The van der Waals surface area contributed by atoms with Crippen LogP contribution in [0.15, 0.2) is 152 Å². The summed E-state index contributed by atoms with van der Waals surface area (Å²) in [6.45, 7) is 0. The van der Waals surface area contributed by atoms with Crippen molar-refractivity contribution in [2.75, 3.05) is 0 Å². The minimum atomic E-state index is 0.323. The van der Waals surface area contributed by atoms with Gasteiger partial charge in [-0.3, -0.25) is 0 Å². The van der Waals surface area contributed by atoms with Gasteiger partial charge >= 0.3 is 0 Å². The molecule has 230 valence electrons. The number of nitrogens with zero attached hydrogens (tertiary/aromatic N) is 5. The number of nitriles is 3. The maximum atomic E-state index is 10.4. The van der Waals surface area contributed by atoms with Gasteiger partial charge in [0.1, 0.15) is 12.1 Å². The van der Waals surface area contributed by atoms with Crippen molar-refractivity contribution in [1.29, 1.82) is 15.8 Å². The Morgan fingerprint density at radius 1 is 0.400 bits per heavy atom. The molecule has 0 aliphatic heterocycles. The number of hydrogen-bond acceptors (Lipinski definition) is 3. The first kappa shape index (κ1) is 28.8. The molecule has 2 aromatic heterocycles. The van der Waals surface area contributed by atoms with Crippen molar-refractivity contribution < 1.29 is 0 Å². The smallest absolute Gasteiger partial charge is 0.101 e. The molecule has 0 atom stereocenters. The summed E-state index contributed by atoms with van der Waals surface area (Å²) in [5.41, 5.74) is 11.0. The van der Waals surface area contributed by atoms with Crippen LogP contribution in [0, 0.1) is 34.0 Å². The molecule has 5 nitrogen and oxygen atoms in total. The largest absolute Gasteiger partial charge is 0.309 e. The highest BCUT2D eigenvalue weighted by Crippen LogP contribution is 2.40. The third-order valence-corrected chi connectivity index (χ3v) is 9.67. The first-order valence-corrected chi connectivity index (χ1v) is 16.3. The molecule has 0 aliphatic rings. The van der Waals surface area contributed by atoms with Gasteiger partial charge in [0.15, 0.2) is 0 Å². The van der Waals surface area contributed by atoms with Crippen molar-refractivity contribution in [2.45, 2.75) is 0 Å². The van der Waals surface area contributed by atoms with E-state index in [1.807, 2.05) is 60.7 Å². The molecule has 50 heavy (non-hydrogen) atoms. The van der Waals surface area contributed by atoms with E-state index in [4.69, 9.17) is 0 Å². The molecule has 0 amide bonds. The topological polar surface area (TPSA) is 81.2 Å². The second-order valence-electron chi connectivity index (χ2n) is 12.3. The van der Waals surface area contributed by atoms with Crippen molar-refractivity contribution in [3.05, 3.63) is 168 Å². The van der Waals surface area contributed by atoms with Gasteiger partial charge in [0.2, 0.25) is 0 Å². The van der Waals surface area contributed by atoms with Gasteiger partial charge in [0, 0.05) is 32.8 Å². The molecule has 0 N–H and O–H groups in total. The zero-order chi connectivity index (χ0) is 33.8. The zero-order valence-corrected chi connectivity index (χ0v) is 26.7. The first-order chi connectivity index (χ1) is 24.7. The van der Waals surface area contributed by atoms with Gasteiger partial charge in [-0.05, 0) is 77.4 Å². The van der Waals surface area contributed by atoms with Crippen LogP contribution in [-0.4, -0.2) is 9.13 Å². The number of fused-ring (bicyclic) bond motifs is 6. The lowest BCUT2D eigenvalue weighted by Gasteiger charge is -2.17. The molecule has 2 heterocycles. The molecule has 0 saturated heterocycles. The van der Waals surface area contributed by atoms with Crippen molar-refractivity contribution in [2.24, 2.45) is 0 Å².